The minimum atomic E-state index is -0.723. The zero-order chi connectivity index (χ0) is 10.8. The summed E-state index contributed by atoms with van der Waals surface area (Å²) in [5, 5.41) is 9.11. The molecule has 0 spiro atoms. The summed E-state index contributed by atoms with van der Waals surface area (Å²) in [7, 11) is 0. The van der Waals surface area contributed by atoms with Crippen LogP contribution in [-0.2, 0) is 5.54 Å². The Morgan fingerprint density at radius 3 is 2.71 bits per heavy atom. The molecular formula is C10H13ClFNO. The SMILES string of the molecule is CC(N)(CCO)c1ccc(F)cc1Cl. The second-order valence-electron chi connectivity index (χ2n) is 3.52. The fraction of sp³-hybridized carbons (Fsp3) is 0.400. The van der Waals surface area contributed by atoms with Gasteiger partial charge in [0.05, 0.1) is 0 Å². The average molecular weight is 218 g/mol. The molecule has 0 bridgehead atoms. The molecule has 14 heavy (non-hydrogen) atoms. The van der Waals surface area contributed by atoms with Gasteiger partial charge in [0, 0.05) is 17.2 Å². The van der Waals surface area contributed by atoms with Gasteiger partial charge in [0.2, 0.25) is 0 Å². The van der Waals surface area contributed by atoms with Gasteiger partial charge in [-0.3, -0.25) is 0 Å². The zero-order valence-corrected chi connectivity index (χ0v) is 8.68. The molecule has 1 aromatic rings. The van der Waals surface area contributed by atoms with Crippen LogP contribution in [0.3, 0.4) is 0 Å². The van der Waals surface area contributed by atoms with Crippen molar-refractivity contribution in [3.05, 3.63) is 34.6 Å². The van der Waals surface area contributed by atoms with E-state index < -0.39 is 11.4 Å². The van der Waals surface area contributed by atoms with Crippen LogP contribution in [0.2, 0.25) is 5.02 Å². The van der Waals surface area contributed by atoms with E-state index in [0.717, 1.165) is 0 Å². The van der Waals surface area contributed by atoms with E-state index in [9.17, 15) is 4.39 Å². The average Bonchev–Trinajstić information content (AvgIpc) is 2.02. The summed E-state index contributed by atoms with van der Waals surface area (Å²) in [5.74, 6) is -0.390. The maximum Gasteiger partial charge on any atom is 0.124 e. The first kappa shape index (κ1) is 11.4. The van der Waals surface area contributed by atoms with Gasteiger partial charge in [0.15, 0.2) is 0 Å². The third kappa shape index (κ3) is 2.44. The van der Waals surface area contributed by atoms with Crippen LogP contribution in [0.4, 0.5) is 4.39 Å². The van der Waals surface area contributed by atoms with Crippen LogP contribution in [0.15, 0.2) is 18.2 Å². The van der Waals surface area contributed by atoms with Gasteiger partial charge in [0.25, 0.3) is 0 Å². The Kier molecular flexibility index (Phi) is 3.48. The molecule has 0 radical (unpaired) electrons. The summed E-state index contributed by atoms with van der Waals surface area (Å²) in [6.07, 6.45) is 0.387. The van der Waals surface area contributed by atoms with Crippen LogP contribution in [0.25, 0.3) is 0 Å². The summed E-state index contributed by atoms with van der Waals surface area (Å²) < 4.78 is 12.7. The van der Waals surface area contributed by atoms with Crippen molar-refractivity contribution in [2.75, 3.05) is 6.61 Å². The molecule has 0 saturated heterocycles. The number of halogens is 2. The van der Waals surface area contributed by atoms with Gasteiger partial charge in [-0.05, 0) is 31.0 Å². The molecule has 0 amide bonds. The first-order valence-corrected chi connectivity index (χ1v) is 4.70. The Balaban J connectivity index is 3.06. The van der Waals surface area contributed by atoms with E-state index in [-0.39, 0.29) is 6.61 Å². The topological polar surface area (TPSA) is 46.2 Å². The van der Waals surface area contributed by atoms with E-state index in [4.69, 9.17) is 22.4 Å². The molecule has 0 aliphatic rings. The van der Waals surface area contributed by atoms with Gasteiger partial charge >= 0.3 is 0 Å². The molecule has 0 fully saturated rings. The van der Waals surface area contributed by atoms with Crippen molar-refractivity contribution in [2.45, 2.75) is 18.9 Å². The Morgan fingerprint density at radius 1 is 1.57 bits per heavy atom. The number of aliphatic hydroxyl groups excluding tert-OH is 1. The van der Waals surface area contributed by atoms with Crippen LogP contribution >= 0.6 is 11.6 Å². The summed E-state index contributed by atoms with van der Waals surface area (Å²) >= 11 is 5.85. The lowest BCUT2D eigenvalue weighted by Crippen LogP contribution is -2.34. The van der Waals surface area contributed by atoms with Gasteiger partial charge in [-0.25, -0.2) is 4.39 Å². The maximum absolute atomic E-state index is 12.7. The Morgan fingerprint density at radius 2 is 2.21 bits per heavy atom. The zero-order valence-electron chi connectivity index (χ0n) is 7.93. The fourth-order valence-electron chi connectivity index (χ4n) is 1.32. The van der Waals surface area contributed by atoms with Crippen molar-refractivity contribution in [3.8, 4) is 0 Å². The largest absolute Gasteiger partial charge is 0.396 e. The minimum absolute atomic E-state index is 0.0271. The molecule has 4 heteroatoms. The normalized spacial score (nSPS) is 15.2. The molecule has 1 atom stereocenters. The highest BCUT2D eigenvalue weighted by molar-refractivity contribution is 6.31. The van der Waals surface area contributed by atoms with Crippen molar-refractivity contribution in [1.29, 1.82) is 0 Å². The van der Waals surface area contributed by atoms with Crippen molar-refractivity contribution >= 4 is 11.6 Å². The lowest BCUT2D eigenvalue weighted by Gasteiger charge is -2.25. The molecule has 1 rings (SSSR count). The van der Waals surface area contributed by atoms with Crippen molar-refractivity contribution in [2.24, 2.45) is 5.73 Å². The molecule has 0 aliphatic carbocycles. The third-order valence-electron chi connectivity index (χ3n) is 2.18. The highest BCUT2D eigenvalue weighted by Gasteiger charge is 2.23. The van der Waals surface area contributed by atoms with Gasteiger partial charge in [-0.2, -0.15) is 0 Å². The van der Waals surface area contributed by atoms with E-state index in [2.05, 4.69) is 0 Å². The van der Waals surface area contributed by atoms with E-state index in [1.54, 1.807) is 13.0 Å². The predicted octanol–water partition coefficient (Wildman–Crippen LogP) is 2.04. The maximum atomic E-state index is 12.7. The first-order chi connectivity index (χ1) is 6.47. The number of hydrogen-bond acceptors (Lipinski definition) is 2. The van der Waals surface area contributed by atoms with E-state index >= 15 is 0 Å². The molecule has 3 N–H and O–H groups in total. The Hall–Kier alpha value is -0.640. The molecule has 0 heterocycles. The quantitative estimate of drug-likeness (QED) is 0.814. The minimum Gasteiger partial charge on any atom is -0.396 e. The van der Waals surface area contributed by atoms with Gasteiger partial charge in [-0.15, -0.1) is 0 Å². The van der Waals surface area contributed by atoms with Crippen LogP contribution in [0, 0.1) is 5.82 Å². The summed E-state index contributed by atoms with van der Waals surface area (Å²) in [6, 6.07) is 4.08. The van der Waals surface area contributed by atoms with Gasteiger partial charge in [0.1, 0.15) is 5.82 Å². The molecule has 1 aromatic carbocycles. The molecular weight excluding hydrogens is 205 g/mol. The first-order valence-electron chi connectivity index (χ1n) is 4.32. The van der Waals surface area contributed by atoms with E-state index in [1.807, 2.05) is 0 Å². The van der Waals surface area contributed by atoms with E-state index in [1.165, 1.54) is 12.1 Å². The highest BCUT2D eigenvalue weighted by atomic mass is 35.5. The standard InChI is InChI=1S/C10H13ClFNO/c1-10(13,4-5-14)8-3-2-7(12)6-9(8)11/h2-3,6,14H,4-5,13H2,1H3. The highest BCUT2D eigenvalue weighted by Crippen LogP contribution is 2.28. The van der Waals surface area contributed by atoms with Crippen molar-refractivity contribution < 1.29 is 9.50 Å². The summed E-state index contributed by atoms with van der Waals surface area (Å²) in [5.41, 5.74) is 5.86. The van der Waals surface area contributed by atoms with Crippen LogP contribution in [0.1, 0.15) is 18.9 Å². The van der Waals surface area contributed by atoms with Gasteiger partial charge in [-0.1, -0.05) is 17.7 Å². The monoisotopic (exact) mass is 217 g/mol. The molecule has 1 unspecified atom stereocenters. The number of nitrogens with two attached hydrogens (primary N) is 1. The fourth-order valence-corrected chi connectivity index (χ4v) is 1.70. The van der Waals surface area contributed by atoms with Crippen LogP contribution < -0.4 is 5.73 Å². The third-order valence-corrected chi connectivity index (χ3v) is 2.49. The molecule has 78 valence electrons. The summed E-state index contributed by atoms with van der Waals surface area (Å²) in [6.45, 7) is 1.73. The van der Waals surface area contributed by atoms with Crippen molar-refractivity contribution in [3.63, 3.8) is 0 Å². The van der Waals surface area contributed by atoms with E-state index in [0.29, 0.717) is 17.0 Å². The van der Waals surface area contributed by atoms with Crippen LogP contribution in [-0.4, -0.2) is 11.7 Å². The smallest absolute Gasteiger partial charge is 0.124 e. The number of rotatable bonds is 3. The lowest BCUT2D eigenvalue weighted by molar-refractivity contribution is 0.247. The van der Waals surface area contributed by atoms with Crippen LogP contribution in [0.5, 0.6) is 0 Å². The number of benzene rings is 1. The summed E-state index contributed by atoms with van der Waals surface area (Å²) in [4.78, 5) is 0. The molecule has 2 nitrogen and oxygen atoms in total. The second-order valence-corrected chi connectivity index (χ2v) is 3.92. The van der Waals surface area contributed by atoms with Gasteiger partial charge < -0.3 is 10.8 Å². The number of aliphatic hydroxyl groups is 1. The lowest BCUT2D eigenvalue weighted by atomic mass is 9.90. The Labute approximate surface area is 87.5 Å². The molecule has 0 aliphatic heterocycles. The Bertz CT molecular complexity index is 328. The second kappa shape index (κ2) is 4.26. The molecule has 0 aromatic heterocycles. The number of hydrogen-bond donors (Lipinski definition) is 2. The van der Waals surface area contributed by atoms with Crippen molar-refractivity contribution in [1.82, 2.24) is 0 Å². The molecule has 0 saturated carbocycles. The predicted molar refractivity (Wildman–Crippen MR) is 54.7 cm³/mol.